The van der Waals surface area contributed by atoms with Crippen molar-refractivity contribution < 1.29 is 13.9 Å². The SMILES string of the molecule is CCc1cccc(C(=O)c2c(F)cccc2OC)c1. The van der Waals surface area contributed by atoms with Crippen molar-refractivity contribution in [1.82, 2.24) is 0 Å². The molecule has 0 radical (unpaired) electrons. The fraction of sp³-hybridized carbons (Fsp3) is 0.188. The zero-order valence-electron chi connectivity index (χ0n) is 10.9. The summed E-state index contributed by atoms with van der Waals surface area (Å²) in [5.41, 5.74) is 1.50. The van der Waals surface area contributed by atoms with Gasteiger partial charge in [0.2, 0.25) is 0 Å². The van der Waals surface area contributed by atoms with Gasteiger partial charge in [0.25, 0.3) is 0 Å². The molecule has 0 aromatic heterocycles. The summed E-state index contributed by atoms with van der Waals surface area (Å²) in [5, 5.41) is 0. The minimum atomic E-state index is -0.564. The van der Waals surface area contributed by atoms with E-state index in [-0.39, 0.29) is 17.1 Å². The molecule has 0 saturated carbocycles. The number of aryl methyl sites for hydroxylation is 1. The Labute approximate surface area is 111 Å². The maximum atomic E-state index is 13.9. The predicted octanol–water partition coefficient (Wildman–Crippen LogP) is 3.63. The molecule has 2 aromatic carbocycles. The minimum absolute atomic E-state index is 0.0155. The Kier molecular flexibility index (Phi) is 3.95. The largest absolute Gasteiger partial charge is 0.496 e. The normalized spacial score (nSPS) is 10.3. The third-order valence-corrected chi connectivity index (χ3v) is 3.02. The second-order valence-corrected chi connectivity index (χ2v) is 4.20. The van der Waals surface area contributed by atoms with Crippen molar-refractivity contribution in [3.8, 4) is 5.75 Å². The Hall–Kier alpha value is -2.16. The van der Waals surface area contributed by atoms with Gasteiger partial charge in [0.15, 0.2) is 5.78 Å². The maximum absolute atomic E-state index is 13.9. The van der Waals surface area contributed by atoms with Crippen molar-refractivity contribution in [2.45, 2.75) is 13.3 Å². The van der Waals surface area contributed by atoms with Crippen LogP contribution in [0.1, 0.15) is 28.4 Å². The molecule has 0 aliphatic carbocycles. The molecule has 19 heavy (non-hydrogen) atoms. The van der Waals surface area contributed by atoms with Gasteiger partial charge in [-0.1, -0.05) is 31.2 Å². The third-order valence-electron chi connectivity index (χ3n) is 3.02. The van der Waals surface area contributed by atoms with Crippen molar-refractivity contribution in [3.05, 3.63) is 65.0 Å². The summed E-state index contributed by atoms with van der Waals surface area (Å²) in [7, 11) is 1.42. The Morgan fingerprint density at radius 1 is 1.21 bits per heavy atom. The lowest BCUT2D eigenvalue weighted by molar-refractivity contribution is 0.103. The van der Waals surface area contributed by atoms with Crippen LogP contribution in [-0.2, 0) is 6.42 Å². The first-order chi connectivity index (χ1) is 9.17. The molecule has 0 fully saturated rings. The second-order valence-electron chi connectivity index (χ2n) is 4.20. The minimum Gasteiger partial charge on any atom is -0.496 e. The van der Waals surface area contributed by atoms with Crippen molar-refractivity contribution in [1.29, 1.82) is 0 Å². The monoisotopic (exact) mass is 258 g/mol. The highest BCUT2D eigenvalue weighted by Gasteiger charge is 2.19. The molecule has 0 N–H and O–H groups in total. The average molecular weight is 258 g/mol. The van der Waals surface area contributed by atoms with Crippen LogP contribution in [0.4, 0.5) is 4.39 Å². The van der Waals surface area contributed by atoms with E-state index >= 15 is 0 Å². The van der Waals surface area contributed by atoms with Gasteiger partial charge in [0.1, 0.15) is 17.1 Å². The van der Waals surface area contributed by atoms with E-state index in [1.165, 1.54) is 19.2 Å². The number of carbonyl (C=O) groups excluding carboxylic acids is 1. The molecule has 0 saturated heterocycles. The molecule has 0 amide bonds. The van der Waals surface area contributed by atoms with Gasteiger partial charge in [-0.25, -0.2) is 4.39 Å². The van der Waals surface area contributed by atoms with Gasteiger partial charge in [0.05, 0.1) is 7.11 Å². The van der Waals surface area contributed by atoms with Gasteiger partial charge in [-0.2, -0.15) is 0 Å². The molecule has 0 atom stereocenters. The standard InChI is InChI=1S/C16H15FO2/c1-3-11-6-4-7-12(10-11)16(18)15-13(17)8-5-9-14(15)19-2/h4-10H,3H2,1-2H3. The molecule has 3 heteroatoms. The van der Waals surface area contributed by atoms with E-state index in [0.717, 1.165) is 12.0 Å². The third kappa shape index (κ3) is 2.65. The zero-order valence-corrected chi connectivity index (χ0v) is 10.9. The average Bonchev–Trinajstić information content (AvgIpc) is 2.46. The first-order valence-electron chi connectivity index (χ1n) is 6.13. The van der Waals surface area contributed by atoms with Crippen molar-refractivity contribution in [3.63, 3.8) is 0 Å². The van der Waals surface area contributed by atoms with E-state index in [0.29, 0.717) is 5.56 Å². The van der Waals surface area contributed by atoms with Crippen molar-refractivity contribution in [2.24, 2.45) is 0 Å². The lowest BCUT2D eigenvalue weighted by Gasteiger charge is -2.09. The first-order valence-corrected chi connectivity index (χ1v) is 6.13. The second kappa shape index (κ2) is 5.65. The number of ether oxygens (including phenoxy) is 1. The molecule has 0 aliphatic rings. The van der Waals surface area contributed by atoms with E-state index in [2.05, 4.69) is 0 Å². The number of rotatable bonds is 4. The summed E-state index contributed by atoms with van der Waals surface area (Å²) in [6.45, 7) is 2.01. The number of ketones is 1. The summed E-state index contributed by atoms with van der Waals surface area (Å²) in [6, 6.07) is 11.6. The Bertz CT molecular complexity index is 605. The highest BCUT2D eigenvalue weighted by atomic mass is 19.1. The van der Waals surface area contributed by atoms with E-state index in [1.807, 2.05) is 13.0 Å². The number of hydrogen-bond donors (Lipinski definition) is 0. The van der Waals surface area contributed by atoms with Gasteiger partial charge < -0.3 is 4.74 Å². The molecular formula is C16H15FO2. The Balaban J connectivity index is 2.49. The van der Waals surface area contributed by atoms with Crippen LogP contribution in [0.25, 0.3) is 0 Å². The molecule has 98 valence electrons. The molecule has 2 nitrogen and oxygen atoms in total. The Morgan fingerprint density at radius 2 is 1.95 bits per heavy atom. The molecule has 0 spiro atoms. The molecular weight excluding hydrogens is 243 g/mol. The number of methoxy groups -OCH3 is 1. The van der Waals surface area contributed by atoms with Gasteiger partial charge in [-0.15, -0.1) is 0 Å². The van der Waals surface area contributed by atoms with Crippen LogP contribution in [0.2, 0.25) is 0 Å². The van der Waals surface area contributed by atoms with Gasteiger partial charge in [-0.3, -0.25) is 4.79 Å². The summed E-state index contributed by atoms with van der Waals surface area (Å²) in [5.74, 6) is -0.664. The summed E-state index contributed by atoms with van der Waals surface area (Å²) in [4.78, 5) is 12.4. The lowest BCUT2D eigenvalue weighted by atomic mass is 9.99. The number of benzene rings is 2. The van der Waals surface area contributed by atoms with Crippen LogP contribution in [-0.4, -0.2) is 12.9 Å². The smallest absolute Gasteiger partial charge is 0.199 e. The van der Waals surface area contributed by atoms with Crippen LogP contribution >= 0.6 is 0 Å². The topological polar surface area (TPSA) is 26.3 Å². The van der Waals surface area contributed by atoms with Crippen molar-refractivity contribution in [2.75, 3.05) is 7.11 Å². The van der Waals surface area contributed by atoms with Gasteiger partial charge >= 0.3 is 0 Å². The maximum Gasteiger partial charge on any atom is 0.199 e. The van der Waals surface area contributed by atoms with Crippen LogP contribution in [0.15, 0.2) is 42.5 Å². The lowest BCUT2D eigenvalue weighted by Crippen LogP contribution is -2.07. The fourth-order valence-electron chi connectivity index (χ4n) is 1.97. The van der Waals surface area contributed by atoms with E-state index in [1.54, 1.807) is 24.3 Å². The van der Waals surface area contributed by atoms with Crippen LogP contribution in [0.5, 0.6) is 5.75 Å². The summed E-state index contributed by atoms with van der Waals surface area (Å²) < 4.78 is 18.9. The molecule has 0 bridgehead atoms. The number of hydrogen-bond acceptors (Lipinski definition) is 2. The highest BCUT2D eigenvalue weighted by Crippen LogP contribution is 2.24. The van der Waals surface area contributed by atoms with Crippen LogP contribution in [0.3, 0.4) is 0 Å². The zero-order chi connectivity index (χ0) is 13.8. The predicted molar refractivity (Wildman–Crippen MR) is 72.2 cm³/mol. The molecule has 2 rings (SSSR count). The van der Waals surface area contributed by atoms with E-state index < -0.39 is 5.82 Å². The molecule has 0 aliphatic heterocycles. The first kappa shape index (κ1) is 13.3. The summed E-state index contributed by atoms with van der Waals surface area (Å²) in [6.07, 6.45) is 0.829. The van der Waals surface area contributed by atoms with Gasteiger partial charge in [-0.05, 0) is 30.2 Å². The van der Waals surface area contributed by atoms with Gasteiger partial charge in [0, 0.05) is 5.56 Å². The summed E-state index contributed by atoms with van der Waals surface area (Å²) >= 11 is 0. The highest BCUT2D eigenvalue weighted by molar-refractivity contribution is 6.11. The van der Waals surface area contributed by atoms with Crippen LogP contribution < -0.4 is 4.74 Å². The van der Waals surface area contributed by atoms with Crippen molar-refractivity contribution >= 4 is 5.78 Å². The number of halogens is 1. The molecule has 0 heterocycles. The molecule has 0 unspecified atom stereocenters. The van der Waals surface area contributed by atoms with E-state index in [9.17, 15) is 9.18 Å². The quantitative estimate of drug-likeness (QED) is 0.783. The Morgan fingerprint density at radius 3 is 2.63 bits per heavy atom. The van der Waals surface area contributed by atoms with Crippen LogP contribution in [0, 0.1) is 5.82 Å². The number of carbonyl (C=O) groups is 1. The molecule has 2 aromatic rings. The fourth-order valence-corrected chi connectivity index (χ4v) is 1.97. The van der Waals surface area contributed by atoms with E-state index in [4.69, 9.17) is 4.74 Å².